The summed E-state index contributed by atoms with van der Waals surface area (Å²) >= 11 is 0. The lowest BCUT2D eigenvalue weighted by molar-refractivity contribution is -0.152. The number of fused-ring (bicyclic) bond motifs is 1. The monoisotopic (exact) mass is 318 g/mol. The molecule has 1 fully saturated rings. The van der Waals surface area contributed by atoms with Crippen LogP contribution in [0, 0.1) is 0 Å². The summed E-state index contributed by atoms with van der Waals surface area (Å²) in [5.74, 6) is -1.71. The number of amides is 2. The fourth-order valence-corrected chi connectivity index (χ4v) is 3.03. The molecule has 1 unspecified atom stereocenters. The van der Waals surface area contributed by atoms with Gasteiger partial charge in [0.1, 0.15) is 12.1 Å². The average molecular weight is 318 g/mol. The van der Waals surface area contributed by atoms with Crippen LogP contribution in [0.3, 0.4) is 0 Å². The van der Waals surface area contributed by atoms with E-state index in [2.05, 4.69) is 5.32 Å². The number of carbonyl (C=O) groups excluding carboxylic acids is 2. The second-order valence-corrected chi connectivity index (χ2v) is 5.86. The molecule has 0 saturated carbocycles. The molecule has 0 spiro atoms. The number of rotatable bonds is 3. The summed E-state index contributed by atoms with van der Waals surface area (Å²) in [6, 6.07) is 6.69. The van der Waals surface area contributed by atoms with E-state index in [0.717, 1.165) is 11.1 Å². The van der Waals surface area contributed by atoms with E-state index in [0.29, 0.717) is 19.4 Å². The normalized spacial score (nSPS) is 26.7. The number of benzene rings is 1. The van der Waals surface area contributed by atoms with E-state index in [1.807, 2.05) is 24.3 Å². The fraction of sp³-hybridized carbons (Fsp3) is 0.438. The van der Waals surface area contributed by atoms with Crippen molar-refractivity contribution in [1.29, 1.82) is 0 Å². The van der Waals surface area contributed by atoms with E-state index >= 15 is 0 Å². The van der Waals surface area contributed by atoms with Crippen LogP contribution < -0.4 is 5.32 Å². The van der Waals surface area contributed by atoms with Crippen LogP contribution in [0.15, 0.2) is 24.3 Å². The summed E-state index contributed by atoms with van der Waals surface area (Å²) in [6.07, 6.45) is -1.16. The minimum absolute atomic E-state index is 0.190. The van der Waals surface area contributed by atoms with Crippen LogP contribution in [0.1, 0.15) is 30.0 Å². The highest BCUT2D eigenvalue weighted by atomic mass is 16.5. The lowest BCUT2D eigenvalue weighted by Crippen LogP contribution is -2.47. The van der Waals surface area contributed by atoms with Crippen LogP contribution in [-0.4, -0.2) is 47.0 Å². The number of nitrogens with zero attached hydrogens (tertiary/aromatic N) is 1. The van der Waals surface area contributed by atoms with Gasteiger partial charge in [0.2, 0.25) is 11.8 Å². The first-order valence-electron chi connectivity index (χ1n) is 7.49. The van der Waals surface area contributed by atoms with Crippen molar-refractivity contribution in [2.45, 2.75) is 37.6 Å². The molecule has 2 amide bonds. The SMILES string of the molecule is CN1Cc2ccccc2C(NC(=O)[C@@H]2CC[C@H](C(=O)O)O2)C1=O. The molecule has 7 nitrogen and oxygen atoms in total. The van der Waals surface area contributed by atoms with Gasteiger partial charge in [-0.2, -0.15) is 0 Å². The number of hydrogen-bond acceptors (Lipinski definition) is 4. The minimum Gasteiger partial charge on any atom is -0.479 e. The van der Waals surface area contributed by atoms with Crippen molar-refractivity contribution in [2.75, 3.05) is 7.05 Å². The molecule has 1 saturated heterocycles. The van der Waals surface area contributed by atoms with Crippen LogP contribution in [0.5, 0.6) is 0 Å². The van der Waals surface area contributed by atoms with Gasteiger partial charge in [-0.3, -0.25) is 9.59 Å². The molecular weight excluding hydrogens is 300 g/mol. The Bertz CT molecular complexity index is 660. The highest BCUT2D eigenvalue weighted by Crippen LogP contribution is 2.28. The molecule has 0 radical (unpaired) electrons. The van der Waals surface area contributed by atoms with Crippen molar-refractivity contribution in [3.05, 3.63) is 35.4 Å². The third-order valence-corrected chi connectivity index (χ3v) is 4.27. The molecule has 2 aliphatic heterocycles. The molecule has 3 rings (SSSR count). The van der Waals surface area contributed by atoms with Crippen molar-refractivity contribution in [2.24, 2.45) is 0 Å². The Hall–Kier alpha value is -2.41. The maximum Gasteiger partial charge on any atom is 0.332 e. The number of carboxylic acids is 1. The Labute approximate surface area is 133 Å². The number of carboxylic acid groups (broad SMARTS) is 1. The molecule has 7 heteroatoms. The van der Waals surface area contributed by atoms with Crippen molar-refractivity contribution in [3.8, 4) is 0 Å². The third kappa shape index (κ3) is 2.92. The smallest absolute Gasteiger partial charge is 0.332 e. The van der Waals surface area contributed by atoms with Gasteiger partial charge >= 0.3 is 5.97 Å². The minimum atomic E-state index is -1.07. The van der Waals surface area contributed by atoms with Gasteiger partial charge in [-0.05, 0) is 24.0 Å². The van der Waals surface area contributed by atoms with E-state index in [1.165, 1.54) is 0 Å². The summed E-state index contributed by atoms with van der Waals surface area (Å²) in [7, 11) is 1.68. The first-order chi connectivity index (χ1) is 11.0. The standard InChI is InChI=1S/C16H18N2O5/c1-18-8-9-4-2-3-5-10(9)13(15(18)20)17-14(19)11-6-7-12(23-11)16(21)22/h2-5,11-13H,6-8H2,1H3,(H,17,19)(H,21,22)/t11-,12+,13?/m0/s1. The first-order valence-corrected chi connectivity index (χ1v) is 7.49. The van der Waals surface area contributed by atoms with Crippen molar-refractivity contribution >= 4 is 17.8 Å². The zero-order valence-corrected chi connectivity index (χ0v) is 12.7. The Morgan fingerprint density at radius 1 is 1.26 bits per heavy atom. The summed E-state index contributed by atoms with van der Waals surface area (Å²) in [6.45, 7) is 0.502. The lowest BCUT2D eigenvalue weighted by Gasteiger charge is -2.32. The van der Waals surface area contributed by atoms with E-state index in [9.17, 15) is 14.4 Å². The van der Waals surface area contributed by atoms with Crippen LogP contribution >= 0.6 is 0 Å². The zero-order chi connectivity index (χ0) is 16.6. The molecule has 3 atom stereocenters. The first kappa shape index (κ1) is 15.5. The molecule has 1 aromatic carbocycles. The summed E-state index contributed by atoms with van der Waals surface area (Å²) < 4.78 is 5.24. The quantitative estimate of drug-likeness (QED) is 0.843. The van der Waals surface area contributed by atoms with Crippen LogP contribution in [0.25, 0.3) is 0 Å². The number of carbonyl (C=O) groups is 3. The zero-order valence-electron chi connectivity index (χ0n) is 12.7. The fourth-order valence-electron chi connectivity index (χ4n) is 3.03. The second-order valence-electron chi connectivity index (χ2n) is 5.86. The molecular formula is C16H18N2O5. The van der Waals surface area contributed by atoms with E-state index in [4.69, 9.17) is 9.84 Å². The van der Waals surface area contributed by atoms with Crippen LogP contribution in [0.4, 0.5) is 0 Å². The molecule has 23 heavy (non-hydrogen) atoms. The average Bonchev–Trinajstić information content (AvgIpc) is 3.02. The van der Waals surface area contributed by atoms with Crippen molar-refractivity contribution in [3.63, 3.8) is 0 Å². The molecule has 0 aliphatic carbocycles. The molecule has 2 aliphatic rings. The molecule has 0 aromatic heterocycles. The number of nitrogens with one attached hydrogen (secondary N) is 1. The van der Waals surface area contributed by atoms with E-state index in [-0.39, 0.29) is 5.91 Å². The van der Waals surface area contributed by atoms with Gasteiger partial charge in [-0.1, -0.05) is 24.3 Å². The van der Waals surface area contributed by atoms with Gasteiger partial charge in [-0.25, -0.2) is 4.79 Å². The van der Waals surface area contributed by atoms with Gasteiger partial charge in [0.25, 0.3) is 0 Å². The van der Waals surface area contributed by atoms with Crippen molar-refractivity contribution in [1.82, 2.24) is 10.2 Å². The summed E-state index contributed by atoms with van der Waals surface area (Å²) in [4.78, 5) is 37.2. The van der Waals surface area contributed by atoms with Gasteiger partial charge < -0.3 is 20.1 Å². The predicted octanol–water partition coefficient (Wildman–Crippen LogP) is 0.448. The Kier molecular flexibility index (Phi) is 4.04. The molecule has 2 heterocycles. The molecule has 2 N–H and O–H groups in total. The molecule has 122 valence electrons. The van der Waals surface area contributed by atoms with Crippen LogP contribution in [-0.2, 0) is 25.7 Å². The number of likely N-dealkylation sites (N-methyl/N-ethyl adjacent to an activating group) is 1. The van der Waals surface area contributed by atoms with E-state index in [1.54, 1.807) is 11.9 Å². The predicted molar refractivity (Wildman–Crippen MR) is 79.3 cm³/mol. The van der Waals surface area contributed by atoms with Gasteiger partial charge in [0.05, 0.1) is 0 Å². The van der Waals surface area contributed by atoms with Crippen LogP contribution in [0.2, 0.25) is 0 Å². The number of aliphatic carboxylic acids is 1. The maximum absolute atomic E-state index is 12.4. The topological polar surface area (TPSA) is 95.9 Å². The largest absolute Gasteiger partial charge is 0.479 e. The van der Waals surface area contributed by atoms with Gasteiger partial charge in [0.15, 0.2) is 6.10 Å². The second kappa shape index (κ2) is 6.00. The third-order valence-electron chi connectivity index (χ3n) is 4.27. The highest BCUT2D eigenvalue weighted by Gasteiger charge is 2.38. The maximum atomic E-state index is 12.4. The molecule has 1 aromatic rings. The highest BCUT2D eigenvalue weighted by molar-refractivity contribution is 5.91. The summed E-state index contributed by atoms with van der Waals surface area (Å²) in [5, 5.41) is 11.6. The summed E-state index contributed by atoms with van der Waals surface area (Å²) in [5.41, 5.74) is 1.76. The van der Waals surface area contributed by atoms with Gasteiger partial charge in [-0.15, -0.1) is 0 Å². The van der Waals surface area contributed by atoms with E-state index < -0.39 is 30.1 Å². The Balaban J connectivity index is 1.75. The lowest BCUT2D eigenvalue weighted by atomic mass is 9.95. The van der Waals surface area contributed by atoms with Gasteiger partial charge in [0, 0.05) is 13.6 Å². The number of hydrogen-bond donors (Lipinski definition) is 2. The number of ether oxygens (including phenoxy) is 1. The van der Waals surface area contributed by atoms with Crippen molar-refractivity contribution < 1.29 is 24.2 Å². The Morgan fingerprint density at radius 3 is 2.65 bits per heavy atom. The Morgan fingerprint density at radius 2 is 1.96 bits per heavy atom. The molecule has 0 bridgehead atoms.